The Morgan fingerprint density at radius 1 is 1.08 bits per heavy atom. The Balaban J connectivity index is 2.07. The summed E-state index contributed by atoms with van der Waals surface area (Å²) in [5, 5.41) is 6.63. The van der Waals surface area contributed by atoms with Gasteiger partial charge >= 0.3 is 0 Å². The van der Waals surface area contributed by atoms with Gasteiger partial charge in [0.15, 0.2) is 5.96 Å². The smallest absolute Gasteiger partial charge is 0.191 e. The lowest BCUT2D eigenvalue weighted by Gasteiger charge is -2.18. The highest BCUT2D eigenvalue weighted by molar-refractivity contribution is 5.79. The Morgan fingerprint density at radius 3 is 2.54 bits per heavy atom. The molecular formula is C18H32N4O2. The van der Waals surface area contributed by atoms with Crippen LogP contribution in [0.15, 0.2) is 35.3 Å². The van der Waals surface area contributed by atoms with E-state index in [4.69, 9.17) is 9.47 Å². The largest absolute Gasteiger partial charge is 0.382 e. The molecule has 0 radical (unpaired) electrons. The van der Waals surface area contributed by atoms with Crippen molar-refractivity contribution >= 4 is 5.96 Å². The van der Waals surface area contributed by atoms with Crippen molar-refractivity contribution < 1.29 is 9.47 Å². The maximum absolute atomic E-state index is 5.43. The molecule has 6 heteroatoms. The van der Waals surface area contributed by atoms with Gasteiger partial charge in [0, 0.05) is 46.9 Å². The Bertz CT molecular complexity index is 440. The average Bonchev–Trinajstić information content (AvgIpc) is 2.60. The Morgan fingerprint density at radius 2 is 1.83 bits per heavy atom. The minimum absolute atomic E-state index is 0.646. The zero-order valence-electron chi connectivity index (χ0n) is 15.3. The van der Waals surface area contributed by atoms with Crippen LogP contribution in [0.3, 0.4) is 0 Å². The highest BCUT2D eigenvalue weighted by atomic mass is 16.5. The molecule has 0 bridgehead atoms. The van der Waals surface area contributed by atoms with Crippen molar-refractivity contribution in [1.29, 1.82) is 0 Å². The fourth-order valence-corrected chi connectivity index (χ4v) is 2.19. The van der Waals surface area contributed by atoms with Gasteiger partial charge in [-0.2, -0.15) is 0 Å². The second-order valence-corrected chi connectivity index (χ2v) is 5.61. The molecule has 0 saturated carbocycles. The van der Waals surface area contributed by atoms with Gasteiger partial charge in [0.25, 0.3) is 0 Å². The molecule has 0 aliphatic carbocycles. The van der Waals surface area contributed by atoms with Gasteiger partial charge in [0.1, 0.15) is 0 Å². The first-order valence-electron chi connectivity index (χ1n) is 8.50. The average molecular weight is 336 g/mol. The standard InChI is InChI=1S/C18H32N4O2/c1-19-18(20-10-7-13-24-15-14-23-3)21-11-12-22(2)16-17-8-5-4-6-9-17/h4-6,8-9H,7,10-16H2,1-3H3,(H2,19,20,21). The molecule has 1 aromatic carbocycles. The number of rotatable bonds is 12. The van der Waals surface area contributed by atoms with Gasteiger partial charge in [0.2, 0.25) is 0 Å². The van der Waals surface area contributed by atoms with Gasteiger partial charge in [-0.3, -0.25) is 4.99 Å². The summed E-state index contributed by atoms with van der Waals surface area (Å²) in [7, 11) is 5.60. The molecule has 1 rings (SSSR count). The van der Waals surface area contributed by atoms with E-state index in [2.05, 4.69) is 51.8 Å². The molecule has 0 atom stereocenters. The number of hydrogen-bond donors (Lipinski definition) is 2. The van der Waals surface area contributed by atoms with Crippen LogP contribution in [-0.2, 0) is 16.0 Å². The summed E-state index contributed by atoms with van der Waals surface area (Å²) in [6.45, 7) is 5.63. The predicted octanol–water partition coefficient (Wildman–Crippen LogP) is 1.34. The highest BCUT2D eigenvalue weighted by Gasteiger charge is 2.01. The molecule has 0 spiro atoms. The minimum Gasteiger partial charge on any atom is -0.382 e. The zero-order chi connectivity index (χ0) is 17.5. The quantitative estimate of drug-likeness (QED) is 0.343. The van der Waals surface area contributed by atoms with Crippen LogP contribution >= 0.6 is 0 Å². The lowest BCUT2D eigenvalue weighted by atomic mass is 10.2. The molecule has 0 aliphatic rings. The van der Waals surface area contributed by atoms with Crippen molar-refractivity contribution in [3.8, 4) is 0 Å². The number of hydrogen-bond acceptors (Lipinski definition) is 4. The summed E-state index contributed by atoms with van der Waals surface area (Å²) in [6, 6.07) is 10.5. The molecular weight excluding hydrogens is 304 g/mol. The summed E-state index contributed by atoms with van der Waals surface area (Å²) in [5.41, 5.74) is 1.33. The predicted molar refractivity (Wildman–Crippen MR) is 99.5 cm³/mol. The third-order valence-electron chi connectivity index (χ3n) is 3.49. The maximum Gasteiger partial charge on any atom is 0.191 e. The van der Waals surface area contributed by atoms with E-state index < -0.39 is 0 Å². The molecule has 0 saturated heterocycles. The number of nitrogens with zero attached hydrogens (tertiary/aromatic N) is 2. The zero-order valence-corrected chi connectivity index (χ0v) is 15.3. The number of likely N-dealkylation sites (N-methyl/N-ethyl adjacent to an activating group) is 1. The first-order valence-corrected chi connectivity index (χ1v) is 8.50. The van der Waals surface area contributed by atoms with E-state index in [0.717, 1.165) is 45.2 Å². The normalized spacial score (nSPS) is 11.8. The third-order valence-corrected chi connectivity index (χ3v) is 3.49. The van der Waals surface area contributed by atoms with Gasteiger partial charge in [-0.25, -0.2) is 0 Å². The van der Waals surface area contributed by atoms with E-state index in [0.29, 0.717) is 13.2 Å². The van der Waals surface area contributed by atoms with E-state index in [1.54, 1.807) is 14.2 Å². The van der Waals surface area contributed by atoms with Crippen LogP contribution < -0.4 is 10.6 Å². The Kier molecular flexibility index (Phi) is 11.7. The summed E-state index contributed by atoms with van der Waals surface area (Å²) in [4.78, 5) is 6.52. The molecule has 24 heavy (non-hydrogen) atoms. The van der Waals surface area contributed by atoms with Crippen molar-refractivity contribution in [2.75, 3.05) is 60.7 Å². The molecule has 0 fully saturated rings. The van der Waals surface area contributed by atoms with Crippen molar-refractivity contribution in [3.63, 3.8) is 0 Å². The van der Waals surface area contributed by atoms with Crippen LogP contribution in [0.5, 0.6) is 0 Å². The van der Waals surface area contributed by atoms with Crippen molar-refractivity contribution in [2.45, 2.75) is 13.0 Å². The van der Waals surface area contributed by atoms with Crippen LogP contribution in [0.25, 0.3) is 0 Å². The second kappa shape index (κ2) is 13.8. The lowest BCUT2D eigenvalue weighted by Crippen LogP contribution is -2.41. The molecule has 136 valence electrons. The monoisotopic (exact) mass is 336 g/mol. The van der Waals surface area contributed by atoms with Crippen LogP contribution in [0, 0.1) is 0 Å². The molecule has 6 nitrogen and oxygen atoms in total. The fraction of sp³-hybridized carbons (Fsp3) is 0.611. The molecule has 0 unspecified atom stereocenters. The van der Waals surface area contributed by atoms with Gasteiger partial charge in [-0.15, -0.1) is 0 Å². The molecule has 1 aromatic rings. The summed E-state index contributed by atoms with van der Waals surface area (Å²) >= 11 is 0. The first-order chi connectivity index (χ1) is 11.8. The number of benzene rings is 1. The first kappa shape index (κ1) is 20.4. The molecule has 2 N–H and O–H groups in total. The van der Waals surface area contributed by atoms with Crippen LogP contribution in [-0.4, -0.2) is 71.5 Å². The van der Waals surface area contributed by atoms with Crippen molar-refractivity contribution in [3.05, 3.63) is 35.9 Å². The van der Waals surface area contributed by atoms with E-state index in [1.807, 2.05) is 6.07 Å². The van der Waals surface area contributed by atoms with E-state index in [1.165, 1.54) is 5.56 Å². The van der Waals surface area contributed by atoms with E-state index in [-0.39, 0.29) is 0 Å². The maximum atomic E-state index is 5.43. The molecule has 0 aliphatic heterocycles. The topological polar surface area (TPSA) is 58.1 Å². The van der Waals surface area contributed by atoms with Crippen LogP contribution in [0.4, 0.5) is 0 Å². The SMILES string of the molecule is CN=C(NCCCOCCOC)NCCN(C)Cc1ccccc1. The summed E-state index contributed by atoms with van der Waals surface area (Å²) < 4.78 is 10.4. The molecule has 0 heterocycles. The lowest BCUT2D eigenvalue weighted by molar-refractivity contribution is 0.0698. The molecule has 0 aromatic heterocycles. The van der Waals surface area contributed by atoms with Gasteiger partial charge < -0.3 is 25.0 Å². The minimum atomic E-state index is 0.646. The number of nitrogens with one attached hydrogen (secondary N) is 2. The molecule has 0 amide bonds. The Labute approximate surface area is 146 Å². The Hall–Kier alpha value is -1.63. The number of aliphatic imine (C=N–C) groups is 1. The van der Waals surface area contributed by atoms with Gasteiger partial charge in [-0.05, 0) is 19.0 Å². The van der Waals surface area contributed by atoms with Gasteiger partial charge in [0.05, 0.1) is 13.2 Å². The van der Waals surface area contributed by atoms with E-state index in [9.17, 15) is 0 Å². The fourth-order valence-electron chi connectivity index (χ4n) is 2.19. The van der Waals surface area contributed by atoms with Crippen LogP contribution in [0.1, 0.15) is 12.0 Å². The summed E-state index contributed by atoms with van der Waals surface area (Å²) in [5.74, 6) is 0.833. The third kappa shape index (κ3) is 10.2. The van der Waals surface area contributed by atoms with E-state index >= 15 is 0 Å². The van der Waals surface area contributed by atoms with Crippen LogP contribution in [0.2, 0.25) is 0 Å². The number of ether oxygens (including phenoxy) is 2. The summed E-state index contributed by atoms with van der Waals surface area (Å²) in [6.07, 6.45) is 0.943. The highest BCUT2D eigenvalue weighted by Crippen LogP contribution is 2.01. The van der Waals surface area contributed by atoms with Crippen molar-refractivity contribution in [1.82, 2.24) is 15.5 Å². The number of guanidine groups is 1. The number of methoxy groups -OCH3 is 1. The van der Waals surface area contributed by atoms with Gasteiger partial charge in [-0.1, -0.05) is 30.3 Å². The van der Waals surface area contributed by atoms with Crippen molar-refractivity contribution in [2.24, 2.45) is 4.99 Å². The second-order valence-electron chi connectivity index (χ2n) is 5.61.